The van der Waals surface area contributed by atoms with Crippen LogP contribution in [0, 0.1) is 0 Å². The number of nitrogens with zero attached hydrogens (tertiary/aromatic N) is 3. The molecule has 0 aromatic carbocycles. The number of aromatic amines is 1. The number of carboxylic acids is 1. The second-order valence-corrected chi connectivity index (χ2v) is 14.9. The molecule has 2 amide bonds. The smallest absolute Gasteiger partial charge is 0.411 e. The van der Waals surface area contributed by atoms with E-state index in [4.69, 9.17) is 14.6 Å². The van der Waals surface area contributed by atoms with Crippen LogP contribution in [0.1, 0.15) is 86.9 Å². The molecule has 4 heterocycles. The van der Waals surface area contributed by atoms with E-state index in [1.807, 2.05) is 33.8 Å². The van der Waals surface area contributed by atoms with Gasteiger partial charge in [0, 0.05) is 13.1 Å². The summed E-state index contributed by atoms with van der Waals surface area (Å²) < 4.78 is 12.1. The second-order valence-electron chi connectivity index (χ2n) is 12.5. The average Bonchev–Trinajstić information content (AvgIpc) is 3.49. The fourth-order valence-electron chi connectivity index (χ4n) is 4.78. The Kier molecular flexibility index (Phi) is 9.00. The van der Waals surface area contributed by atoms with Crippen LogP contribution in [0.3, 0.4) is 0 Å². The minimum Gasteiger partial charge on any atom is -0.480 e. The number of carbonyl (C=O) groups is 3. The topological polar surface area (TPSA) is 142 Å². The van der Waals surface area contributed by atoms with Gasteiger partial charge in [-0.1, -0.05) is 0 Å². The maximum Gasteiger partial charge on any atom is 0.411 e. The van der Waals surface area contributed by atoms with Crippen LogP contribution in [0.5, 0.6) is 0 Å². The molecule has 4 rings (SSSR count). The van der Waals surface area contributed by atoms with Crippen LogP contribution in [-0.2, 0) is 19.8 Å². The zero-order chi connectivity index (χ0) is 30.3. The van der Waals surface area contributed by atoms with Gasteiger partial charge in [-0.05, 0) is 103 Å². The van der Waals surface area contributed by atoms with Gasteiger partial charge in [0.25, 0.3) is 5.56 Å². The summed E-state index contributed by atoms with van der Waals surface area (Å²) in [6, 6.07) is 1.83. The van der Waals surface area contributed by atoms with Crippen molar-refractivity contribution >= 4 is 55.6 Å². The van der Waals surface area contributed by atoms with E-state index >= 15 is 0 Å². The number of likely N-dealkylation sites (tertiary alicyclic amines) is 2. The molecule has 2 aromatic heterocycles. The van der Waals surface area contributed by atoms with Gasteiger partial charge in [-0.2, -0.15) is 0 Å². The molecule has 222 valence electrons. The fourth-order valence-corrected chi connectivity index (χ4v) is 6.20. The van der Waals surface area contributed by atoms with Crippen LogP contribution in [0.2, 0.25) is 0 Å². The van der Waals surface area contributed by atoms with Gasteiger partial charge in [-0.3, -0.25) is 14.6 Å². The number of amides is 2. The normalized spacial score (nSPS) is 23.1. The van der Waals surface area contributed by atoms with Crippen molar-refractivity contribution in [1.82, 2.24) is 19.8 Å². The van der Waals surface area contributed by atoms with Gasteiger partial charge in [0.05, 0.1) is 9.30 Å². The third-order valence-electron chi connectivity index (χ3n) is 6.83. The van der Waals surface area contributed by atoms with Gasteiger partial charge in [-0.15, -0.1) is 11.3 Å². The summed E-state index contributed by atoms with van der Waals surface area (Å²) in [4.78, 5) is 58.4. The summed E-state index contributed by atoms with van der Waals surface area (Å²) >= 11 is 4.74. The zero-order valence-corrected chi connectivity index (χ0v) is 26.7. The predicted molar refractivity (Wildman–Crippen MR) is 156 cm³/mol. The molecule has 2 aromatic rings. The van der Waals surface area contributed by atoms with Crippen molar-refractivity contribution in [1.29, 1.82) is 0 Å². The highest BCUT2D eigenvalue weighted by atomic mass is 79.9. The number of H-pyrrole nitrogens is 1. The third-order valence-corrected chi connectivity index (χ3v) is 8.46. The van der Waals surface area contributed by atoms with E-state index in [9.17, 15) is 19.2 Å². The van der Waals surface area contributed by atoms with E-state index in [2.05, 4.69) is 25.9 Å². The molecule has 40 heavy (non-hydrogen) atoms. The van der Waals surface area contributed by atoms with Gasteiger partial charge >= 0.3 is 18.2 Å². The lowest BCUT2D eigenvalue weighted by molar-refractivity contribution is -0.148. The molecule has 0 aliphatic carbocycles. The first kappa shape index (κ1) is 31.9. The lowest BCUT2D eigenvalue weighted by Gasteiger charge is -2.35. The Labute approximate surface area is 246 Å². The number of aromatic nitrogens is 2. The van der Waals surface area contributed by atoms with Gasteiger partial charge in [0.2, 0.25) is 0 Å². The zero-order valence-electron chi connectivity index (χ0n) is 24.3. The minimum absolute atomic E-state index is 0.178. The number of rotatable bonds is 2. The van der Waals surface area contributed by atoms with Crippen molar-refractivity contribution in [3.05, 3.63) is 26.0 Å². The van der Waals surface area contributed by atoms with E-state index in [1.165, 1.54) is 16.2 Å². The average molecular weight is 644 g/mol. The van der Waals surface area contributed by atoms with Crippen molar-refractivity contribution < 1.29 is 29.0 Å². The van der Waals surface area contributed by atoms with Crippen LogP contribution in [-0.4, -0.2) is 72.9 Å². The summed E-state index contributed by atoms with van der Waals surface area (Å²) in [6.45, 7) is 15.3. The van der Waals surface area contributed by atoms with Crippen LogP contribution in [0.4, 0.5) is 9.59 Å². The van der Waals surface area contributed by atoms with Gasteiger partial charge in [0.15, 0.2) is 0 Å². The van der Waals surface area contributed by atoms with Gasteiger partial charge in [-0.25, -0.2) is 19.4 Å². The number of hydrogen-bond acceptors (Lipinski definition) is 8. The number of carboxylic acid groups (broad SMARTS) is 1. The first-order valence-electron chi connectivity index (χ1n) is 13.2. The fraction of sp³-hybridized carbons (Fsp3) is 0.667. The summed E-state index contributed by atoms with van der Waals surface area (Å²) in [7, 11) is 0. The highest BCUT2D eigenvalue weighted by Crippen LogP contribution is 2.38. The van der Waals surface area contributed by atoms with E-state index in [0.29, 0.717) is 42.0 Å². The molecule has 2 fully saturated rings. The highest BCUT2D eigenvalue weighted by Gasteiger charge is 2.47. The molecule has 0 saturated carbocycles. The van der Waals surface area contributed by atoms with Crippen molar-refractivity contribution in [2.75, 3.05) is 13.1 Å². The highest BCUT2D eigenvalue weighted by molar-refractivity contribution is 9.11. The summed E-state index contributed by atoms with van der Waals surface area (Å²) in [5.74, 6) is -0.468. The number of ether oxygens (including phenoxy) is 2. The summed E-state index contributed by atoms with van der Waals surface area (Å²) in [5, 5.41) is 9.14. The monoisotopic (exact) mass is 642 g/mol. The number of halogens is 1. The first-order chi connectivity index (χ1) is 18.3. The Morgan fingerprint density at radius 3 is 2.08 bits per heavy atom. The Morgan fingerprint density at radius 1 is 1.00 bits per heavy atom. The van der Waals surface area contributed by atoms with E-state index in [-0.39, 0.29) is 11.7 Å². The molecule has 1 unspecified atom stereocenters. The van der Waals surface area contributed by atoms with E-state index in [1.54, 1.807) is 32.6 Å². The molecular weight excluding hydrogens is 604 g/mol. The van der Waals surface area contributed by atoms with Crippen molar-refractivity contribution in [2.45, 2.75) is 103 Å². The summed E-state index contributed by atoms with van der Waals surface area (Å²) in [5.41, 5.74) is -2.50. The van der Waals surface area contributed by atoms with Crippen molar-refractivity contribution in [3.63, 3.8) is 0 Å². The summed E-state index contributed by atoms with van der Waals surface area (Å²) in [6.07, 6.45) is 1.81. The number of thiophene rings is 1. The van der Waals surface area contributed by atoms with Crippen LogP contribution in [0.25, 0.3) is 10.2 Å². The number of aliphatic carboxylic acids is 1. The molecule has 11 nitrogen and oxygen atoms in total. The van der Waals surface area contributed by atoms with Crippen LogP contribution in [0.15, 0.2) is 14.6 Å². The predicted octanol–water partition coefficient (Wildman–Crippen LogP) is 5.85. The molecule has 0 spiro atoms. The minimum atomic E-state index is -1.12. The Bertz CT molecular complexity index is 1350. The molecule has 2 atom stereocenters. The maximum absolute atomic E-state index is 12.6. The number of nitrogens with one attached hydrogen (secondary N) is 1. The molecule has 0 bridgehead atoms. The molecule has 2 saturated heterocycles. The lowest BCUT2D eigenvalue weighted by atomic mass is 9.98. The van der Waals surface area contributed by atoms with Gasteiger partial charge in [0.1, 0.15) is 32.8 Å². The second kappa shape index (κ2) is 11.3. The van der Waals surface area contributed by atoms with Crippen LogP contribution >= 0.6 is 27.3 Å². The van der Waals surface area contributed by atoms with E-state index in [0.717, 1.165) is 16.6 Å². The maximum atomic E-state index is 12.6. The largest absolute Gasteiger partial charge is 0.480 e. The molecule has 0 radical (unpaired) electrons. The molecule has 2 aliphatic rings. The molecule has 2 N–H and O–H groups in total. The number of fused-ring (bicyclic) bond motifs is 1. The van der Waals surface area contributed by atoms with Gasteiger partial charge < -0.3 is 19.6 Å². The van der Waals surface area contributed by atoms with E-state index < -0.39 is 34.3 Å². The van der Waals surface area contributed by atoms with Crippen LogP contribution < -0.4 is 5.56 Å². The molecule has 13 heteroatoms. The quantitative estimate of drug-likeness (QED) is 0.415. The molecular formula is C27H39BrN4O7S. The standard InChI is InChI=1S/C16H20BrN3O3S.C11H19NO4/c1-15(2,3)23-14(22)20-7-5-6-16(20,4)13-18-9-8-10(17)24-11(9)12(21)19-13;1-10(2,3)16-9(15)12-7-5-6-11(12,4)8(13)14/h8H,5-7H2,1-4H3,(H,18,19,21);5-7H2,1-4H3,(H,13,14)/t;11-/m.0/s1. The number of hydrogen-bond donors (Lipinski definition) is 2. The lowest BCUT2D eigenvalue weighted by Crippen LogP contribution is -2.52. The first-order valence-corrected chi connectivity index (χ1v) is 14.8. The Hall–Kier alpha value is -2.67. The third kappa shape index (κ3) is 6.96. The molecule has 2 aliphatic heterocycles. The van der Waals surface area contributed by atoms with Crippen molar-refractivity contribution in [2.24, 2.45) is 0 Å². The Morgan fingerprint density at radius 2 is 1.52 bits per heavy atom. The SMILES string of the molecule is CC(C)(C)OC(=O)N1CCCC1(C)c1nc2cc(Br)sc2c(=O)[nH]1.CC(C)(C)OC(=O)N1CCC[C@@]1(C)C(=O)O. The number of carbonyl (C=O) groups excluding carboxylic acids is 2. The Balaban J connectivity index is 0.000000241. The van der Waals surface area contributed by atoms with Crippen molar-refractivity contribution in [3.8, 4) is 0 Å².